The molecule has 1 N–H and O–H groups in total. The smallest absolute Gasteiger partial charge is 0.336 e. The van der Waals surface area contributed by atoms with E-state index < -0.39 is 22.6 Å². The average molecular weight is 474 g/mol. The molecule has 1 heterocycles. The number of fused-ring (bicyclic) bond motifs is 3. The number of hydrogen-bond donors (Lipinski definition) is 1. The van der Waals surface area contributed by atoms with Gasteiger partial charge in [0.05, 0.1) is 6.61 Å². The molecule has 34 heavy (non-hydrogen) atoms. The summed E-state index contributed by atoms with van der Waals surface area (Å²) < 4.78 is 12.1. The number of allylic oxidation sites excluding steroid dienone is 2. The second-order valence-electron chi connectivity index (χ2n) is 9.36. The fourth-order valence-electron chi connectivity index (χ4n) is 4.82. The van der Waals surface area contributed by atoms with E-state index in [9.17, 15) is 19.7 Å². The van der Waals surface area contributed by atoms with Crippen molar-refractivity contribution >= 4 is 11.9 Å². The Balaban J connectivity index is 1.89. The van der Waals surface area contributed by atoms with Gasteiger partial charge in [-0.25, -0.2) is 9.59 Å². The van der Waals surface area contributed by atoms with Crippen molar-refractivity contribution in [3.8, 4) is 11.5 Å². The lowest BCUT2D eigenvalue weighted by atomic mass is 9.68. The number of rotatable bonds is 10. The maximum Gasteiger partial charge on any atom is 0.336 e. The van der Waals surface area contributed by atoms with Gasteiger partial charge in [0.1, 0.15) is 17.1 Å². The molecule has 0 saturated heterocycles. The summed E-state index contributed by atoms with van der Waals surface area (Å²) in [6, 6.07) is 3.79. The minimum atomic E-state index is -1.23. The zero-order valence-electron chi connectivity index (χ0n) is 19.7. The Morgan fingerprint density at radius 2 is 2.03 bits per heavy atom. The summed E-state index contributed by atoms with van der Waals surface area (Å²) in [7, 11) is 0. The van der Waals surface area contributed by atoms with Crippen LogP contribution in [0.3, 0.4) is 0 Å². The Bertz CT molecular complexity index is 1010. The van der Waals surface area contributed by atoms with Crippen LogP contribution < -0.4 is 9.47 Å². The van der Waals surface area contributed by atoms with E-state index in [-0.39, 0.29) is 18.4 Å². The van der Waals surface area contributed by atoms with Crippen molar-refractivity contribution in [1.82, 2.24) is 0 Å². The van der Waals surface area contributed by atoms with Gasteiger partial charge in [-0.2, -0.15) is 0 Å². The maximum absolute atomic E-state index is 12.4. The minimum Gasteiger partial charge on any atom is -0.487 e. The summed E-state index contributed by atoms with van der Waals surface area (Å²) in [4.78, 5) is 37.8. The fourth-order valence-corrected chi connectivity index (χ4v) is 4.82. The van der Waals surface area contributed by atoms with E-state index in [4.69, 9.17) is 14.6 Å². The number of benzene rings is 1. The standard InChI is InChI=1S/C25H31NO8/c1-16-8-9-19-18(13-16)24-20(33-23(29)11-10-22(27)28)14-17(15-21(24)34-25(19,2)3)7-5-4-6-12-32-26(30)31/h10-11,13-15,18-19H,4-9,12H2,1-3H3,(H,27,28)/b11-10-/t18-,19-/m1/s1. The highest BCUT2D eigenvalue weighted by Crippen LogP contribution is 2.53. The van der Waals surface area contributed by atoms with Gasteiger partial charge in [-0.1, -0.05) is 18.1 Å². The normalized spacial score (nSPS) is 20.5. The van der Waals surface area contributed by atoms with E-state index in [1.165, 1.54) is 5.57 Å². The van der Waals surface area contributed by atoms with Crippen LogP contribution in [0.5, 0.6) is 11.5 Å². The number of carboxylic acids is 1. The van der Waals surface area contributed by atoms with Crippen LogP contribution in [0.2, 0.25) is 0 Å². The van der Waals surface area contributed by atoms with Gasteiger partial charge < -0.3 is 19.4 Å². The topological polar surface area (TPSA) is 125 Å². The van der Waals surface area contributed by atoms with Gasteiger partial charge in [0.25, 0.3) is 5.09 Å². The number of nitrogens with zero attached hydrogens (tertiary/aromatic N) is 1. The third kappa shape index (κ3) is 6.36. The van der Waals surface area contributed by atoms with Crippen LogP contribution in [0.1, 0.15) is 69.9 Å². The second kappa shape index (κ2) is 10.7. The van der Waals surface area contributed by atoms with Crippen molar-refractivity contribution in [2.75, 3.05) is 6.61 Å². The van der Waals surface area contributed by atoms with E-state index >= 15 is 0 Å². The number of unbranched alkanes of at least 4 members (excludes halogenated alkanes) is 2. The molecule has 0 fully saturated rings. The summed E-state index contributed by atoms with van der Waals surface area (Å²) in [6.07, 6.45) is 8.52. The Kier molecular flexibility index (Phi) is 7.96. The van der Waals surface area contributed by atoms with Gasteiger partial charge in [-0.05, 0) is 70.6 Å². The molecular weight excluding hydrogens is 442 g/mol. The number of carbonyl (C=O) groups is 2. The number of ether oxygens (including phenoxy) is 2. The van der Waals surface area contributed by atoms with Crippen LogP contribution in [0.15, 0.2) is 35.9 Å². The third-order valence-corrected chi connectivity index (χ3v) is 6.39. The molecule has 0 spiro atoms. The molecule has 184 valence electrons. The Labute approximate surface area is 198 Å². The number of aliphatic carboxylic acids is 1. The Morgan fingerprint density at radius 3 is 2.74 bits per heavy atom. The van der Waals surface area contributed by atoms with Crippen molar-refractivity contribution in [1.29, 1.82) is 0 Å². The first-order chi connectivity index (χ1) is 16.1. The van der Waals surface area contributed by atoms with Gasteiger partial charge in [0.2, 0.25) is 0 Å². The lowest BCUT2D eigenvalue weighted by molar-refractivity contribution is -0.757. The number of hydrogen-bond acceptors (Lipinski definition) is 7. The largest absolute Gasteiger partial charge is 0.487 e. The van der Waals surface area contributed by atoms with E-state index in [0.717, 1.165) is 49.0 Å². The lowest BCUT2D eigenvalue weighted by Gasteiger charge is -2.46. The van der Waals surface area contributed by atoms with Crippen LogP contribution in [0, 0.1) is 16.0 Å². The monoisotopic (exact) mass is 473 g/mol. The SMILES string of the molecule is CC1=C[C@H]2c3c(OC(=O)/C=C\C(=O)O)cc(CCCCCO[N+](=O)[O-])cc3OC(C)(C)[C@@H]2CC1. The Morgan fingerprint density at radius 1 is 1.26 bits per heavy atom. The number of carboxylic acid groups (broad SMARTS) is 1. The first kappa shape index (κ1) is 25.3. The van der Waals surface area contributed by atoms with Crippen molar-refractivity contribution < 1.29 is 34.1 Å². The highest BCUT2D eigenvalue weighted by atomic mass is 16.9. The molecule has 1 aliphatic heterocycles. The summed E-state index contributed by atoms with van der Waals surface area (Å²) in [5, 5.41) is 18.3. The summed E-state index contributed by atoms with van der Waals surface area (Å²) in [5.74, 6) is -0.728. The predicted molar refractivity (Wildman–Crippen MR) is 123 cm³/mol. The van der Waals surface area contributed by atoms with Crippen molar-refractivity contribution in [3.63, 3.8) is 0 Å². The van der Waals surface area contributed by atoms with Crippen molar-refractivity contribution in [2.45, 2.75) is 70.8 Å². The molecule has 0 bridgehead atoms. The number of esters is 1. The lowest BCUT2D eigenvalue weighted by Crippen LogP contribution is -2.45. The number of aryl methyl sites for hydroxylation is 1. The molecule has 2 aliphatic rings. The van der Waals surface area contributed by atoms with Crippen LogP contribution in [0.25, 0.3) is 0 Å². The third-order valence-electron chi connectivity index (χ3n) is 6.39. The molecule has 0 amide bonds. The fraction of sp³-hybridized carbons (Fsp3) is 0.520. The molecule has 0 radical (unpaired) electrons. The molecule has 1 aliphatic carbocycles. The predicted octanol–water partition coefficient (Wildman–Crippen LogP) is 4.76. The molecule has 2 atom stereocenters. The van der Waals surface area contributed by atoms with E-state index in [0.29, 0.717) is 24.3 Å². The van der Waals surface area contributed by atoms with Gasteiger partial charge >= 0.3 is 11.9 Å². The molecule has 1 aromatic rings. The van der Waals surface area contributed by atoms with Crippen LogP contribution in [-0.2, 0) is 20.8 Å². The summed E-state index contributed by atoms with van der Waals surface area (Å²) in [6.45, 7) is 6.30. The van der Waals surface area contributed by atoms with Gasteiger partial charge in [0.15, 0.2) is 0 Å². The van der Waals surface area contributed by atoms with Crippen LogP contribution >= 0.6 is 0 Å². The Hall–Kier alpha value is -3.36. The molecule has 0 aromatic heterocycles. The molecule has 0 saturated carbocycles. The van der Waals surface area contributed by atoms with Gasteiger partial charge in [-0.15, -0.1) is 10.1 Å². The van der Waals surface area contributed by atoms with Gasteiger partial charge in [-0.3, -0.25) is 0 Å². The zero-order valence-corrected chi connectivity index (χ0v) is 19.7. The molecular formula is C25H31NO8. The molecule has 9 nitrogen and oxygen atoms in total. The average Bonchev–Trinajstić information content (AvgIpc) is 2.73. The van der Waals surface area contributed by atoms with Gasteiger partial charge in [0, 0.05) is 29.6 Å². The summed E-state index contributed by atoms with van der Waals surface area (Å²) in [5.41, 5.74) is 2.58. The number of carbonyl (C=O) groups excluding carboxylic acids is 1. The summed E-state index contributed by atoms with van der Waals surface area (Å²) >= 11 is 0. The quantitative estimate of drug-likeness (QED) is 0.0980. The van der Waals surface area contributed by atoms with E-state index in [1.807, 2.05) is 12.1 Å². The highest BCUT2D eigenvalue weighted by molar-refractivity contribution is 5.92. The minimum absolute atomic E-state index is 0.0204. The van der Waals surface area contributed by atoms with Crippen molar-refractivity contribution in [2.24, 2.45) is 5.92 Å². The van der Waals surface area contributed by atoms with Crippen LogP contribution in [0.4, 0.5) is 0 Å². The zero-order chi connectivity index (χ0) is 24.9. The van der Waals surface area contributed by atoms with E-state index in [2.05, 4.69) is 31.7 Å². The van der Waals surface area contributed by atoms with Crippen LogP contribution in [-0.4, -0.2) is 34.3 Å². The second-order valence-corrected chi connectivity index (χ2v) is 9.36. The maximum atomic E-state index is 12.4. The molecule has 3 rings (SSSR count). The highest BCUT2D eigenvalue weighted by Gasteiger charge is 2.45. The van der Waals surface area contributed by atoms with Crippen molar-refractivity contribution in [3.05, 3.63) is 57.2 Å². The first-order valence-corrected chi connectivity index (χ1v) is 11.5. The molecule has 9 heteroatoms. The first-order valence-electron chi connectivity index (χ1n) is 11.5. The molecule has 0 unspecified atom stereocenters. The van der Waals surface area contributed by atoms with E-state index in [1.54, 1.807) is 0 Å². The molecule has 1 aromatic carbocycles.